The lowest BCUT2D eigenvalue weighted by Crippen LogP contribution is -2.36. The van der Waals surface area contributed by atoms with Crippen LogP contribution in [0.4, 0.5) is 0 Å². The molecule has 11 heteroatoms. The maximum atomic E-state index is 12.4. The first-order valence-corrected chi connectivity index (χ1v) is 10.7. The first-order valence-electron chi connectivity index (χ1n) is 9.18. The van der Waals surface area contributed by atoms with Crippen LogP contribution in [-0.2, 0) is 26.1 Å². The molecule has 0 saturated carbocycles. The molecular formula is C20H20N4O6S. The van der Waals surface area contributed by atoms with Crippen LogP contribution < -0.4 is 4.72 Å². The van der Waals surface area contributed by atoms with Gasteiger partial charge in [0.15, 0.2) is 6.61 Å². The van der Waals surface area contributed by atoms with E-state index in [0.29, 0.717) is 5.76 Å². The van der Waals surface area contributed by atoms with Crippen molar-refractivity contribution in [3.05, 3.63) is 54.0 Å². The van der Waals surface area contributed by atoms with Crippen LogP contribution >= 0.6 is 0 Å². The van der Waals surface area contributed by atoms with Crippen molar-refractivity contribution < 1.29 is 27.2 Å². The van der Waals surface area contributed by atoms with E-state index in [1.54, 1.807) is 12.1 Å². The molecule has 0 aliphatic rings. The Hall–Kier alpha value is -3.67. The van der Waals surface area contributed by atoms with Gasteiger partial charge in [0.05, 0.1) is 48.2 Å². The summed E-state index contributed by atoms with van der Waals surface area (Å²) in [6.45, 7) is -0.420. The van der Waals surface area contributed by atoms with Crippen molar-refractivity contribution in [3.8, 4) is 12.1 Å². The van der Waals surface area contributed by atoms with Crippen LogP contribution in [0.3, 0.4) is 0 Å². The van der Waals surface area contributed by atoms with E-state index in [1.807, 2.05) is 12.1 Å². The van der Waals surface area contributed by atoms with Gasteiger partial charge in [-0.2, -0.15) is 10.5 Å². The van der Waals surface area contributed by atoms with Gasteiger partial charge in [-0.25, -0.2) is 17.9 Å². The van der Waals surface area contributed by atoms with Crippen LogP contribution in [0.25, 0.3) is 0 Å². The molecule has 1 aromatic heterocycles. The Balaban J connectivity index is 1.99. The Morgan fingerprint density at radius 3 is 2.42 bits per heavy atom. The Bertz CT molecular complexity index is 1070. The molecule has 0 aliphatic heterocycles. The molecule has 0 aliphatic carbocycles. The normalized spacial score (nSPS) is 10.6. The van der Waals surface area contributed by atoms with Crippen molar-refractivity contribution >= 4 is 21.9 Å². The largest absolute Gasteiger partial charge is 0.468 e. The number of esters is 1. The molecular weight excluding hydrogens is 424 g/mol. The van der Waals surface area contributed by atoms with Crippen LogP contribution in [0.5, 0.6) is 0 Å². The number of nitrogens with zero attached hydrogens (tertiary/aromatic N) is 3. The fraction of sp³-hybridized carbons (Fsp3) is 0.300. The van der Waals surface area contributed by atoms with Crippen molar-refractivity contribution in [2.24, 2.45) is 0 Å². The zero-order valence-corrected chi connectivity index (χ0v) is 17.3. The third-order valence-electron chi connectivity index (χ3n) is 4.06. The molecule has 1 amide bonds. The summed E-state index contributed by atoms with van der Waals surface area (Å²) in [5.74, 6) is -1.00. The van der Waals surface area contributed by atoms with Gasteiger partial charge in [0.25, 0.3) is 5.91 Å². The fourth-order valence-corrected chi connectivity index (χ4v) is 3.52. The molecule has 162 valence electrons. The number of carbonyl (C=O) groups excluding carboxylic acids is 2. The maximum Gasteiger partial charge on any atom is 0.338 e. The maximum absolute atomic E-state index is 12.4. The number of amides is 1. The minimum absolute atomic E-state index is 0.0470. The Labute approximate surface area is 179 Å². The van der Waals surface area contributed by atoms with Crippen LogP contribution in [0.1, 0.15) is 29.0 Å². The van der Waals surface area contributed by atoms with Gasteiger partial charge in [-0.15, -0.1) is 0 Å². The predicted octanol–water partition coefficient (Wildman–Crippen LogP) is 1.57. The molecule has 0 unspecified atom stereocenters. The lowest BCUT2D eigenvalue weighted by atomic mass is 10.2. The lowest BCUT2D eigenvalue weighted by molar-refractivity contribution is -0.134. The molecule has 0 spiro atoms. The van der Waals surface area contributed by atoms with Gasteiger partial charge in [-0.05, 0) is 30.3 Å². The van der Waals surface area contributed by atoms with Gasteiger partial charge in [-0.1, -0.05) is 6.07 Å². The van der Waals surface area contributed by atoms with Crippen molar-refractivity contribution in [1.82, 2.24) is 9.62 Å². The number of nitrogens with one attached hydrogen (secondary N) is 1. The second-order valence-electron chi connectivity index (χ2n) is 6.20. The fourth-order valence-electron chi connectivity index (χ4n) is 2.49. The van der Waals surface area contributed by atoms with Gasteiger partial charge in [-0.3, -0.25) is 4.79 Å². The van der Waals surface area contributed by atoms with Gasteiger partial charge >= 0.3 is 5.97 Å². The minimum Gasteiger partial charge on any atom is -0.468 e. The number of nitriles is 2. The quantitative estimate of drug-likeness (QED) is 0.512. The first-order chi connectivity index (χ1) is 14.9. The monoisotopic (exact) mass is 444 g/mol. The SMILES string of the molecule is N#CCCN(CCC#N)C(=O)COC(=O)c1cccc(S(=O)(=O)NCc2ccco2)c1. The highest BCUT2D eigenvalue weighted by molar-refractivity contribution is 7.89. The number of sulfonamides is 1. The zero-order chi connectivity index (χ0) is 22.7. The second-order valence-corrected chi connectivity index (χ2v) is 7.97. The van der Waals surface area contributed by atoms with E-state index in [4.69, 9.17) is 19.7 Å². The van der Waals surface area contributed by atoms with Crippen LogP contribution in [-0.4, -0.2) is 44.9 Å². The van der Waals surface area contributed by atoms with E-state index in [-0.39, 0.29) is 42.9 Å². The summed E-state index contributed by atoms with van der Waals surface area (Å²) < 4.78 is 37.3. The summed E-state index contributed by atoms with van der Waals surface area (Å²) in [6.07, 6.45) is 1.58. The standard InChI is InChI=1S/C20H20N4O6S/c21-8-3-10-24(11-4-9-22)19(25)15-30-20(26)16-5-1-7-18(13-16)31(27,28)23-14-17-6-2-12-29-17/h1-2,5-7,12-13,23H,3-4,10-11,14-15H2. The highest BCUT2D eigenvalue weighted by Crippen LogP contribution is 2.13. The molecule has 0 fully saturated rings. The smallest absolute Gasteiger partial charge is 0.338 e. The van der Waals surface area contributed by atoms with E-state index in [2.05, 4.69) is 4.72 Å². The van der Waals surface area contributed by atoms with Crippen molar-refractivity contribution in [2.45, 2.75) is 24.3 Å². The Kier molecular flexibility index (Phi) is 8.76. The van der Waals surface area contributed by atoms with Crippen LogP contribution in [0, 0.1) is 22.7 Å². The van der Waals surface area contributed by atoms with E-state index in [1.165, 1.54) is 29.4 Å². The number of benzene rings is 1. The average molecular weight is 444 g/mol. The lowest BCUT2D eigenvalue weighted by Gasteiger charge is -2.20. The summed E-state index contributed by atoms with van der Waals surface area (Å²) in [5, 5.41) is 17.3. The van der Waals surface area contributed by atoms with E-state index in [9.17, 15) is 18.0 Å². The summed E-state index contributed by atoms with van der Waals surface area (Å²) in [4.78, 5) is 25.6. The molecule has 2 rings (SSSR count). The van der Waals surface area contributed by atoms with Crippen LogP contribution in [0.15, 0.2) is 52.0 Å². The number of ether oxygens (including phenoxy) is 1. The average Bonchev–Trinajstić information content (AvgIpc) is 3.30. The molecule has 0 bridgehead atoms. The van der Waals surface area contributed by atoms with E-state index < -0.39 is 28.5 Å². The molecule has 10 nitrogen and oxygen atoms in total. The molecule has 1 heterocycles. The number of hydrogen-bond donors (Lipinski definition) is 1. The molecule has 1 aromatic carbocycles. The molecule has 31 heavy (non-hydrogen) atoms. The Morgan fingerprint density at radius 2 is 1.81 bits per heavy atom. The highest BCUT2D eigenvalue weighted by Gasteiger charge is 2.19. The van der Waals surface area contributed by atoms with E-state index >= 15 is 0 Å². The summed E-state index contributed by atoms with van der Waals surface area (Å²) >= 11 is 0. The van der Waals surface area contributed by atoms with Gasteiger partial charge in [0.1, 0.15) is 5.76 Å². The van der Waals surface area contributed by atoms with Crippen molar-refractivity contribution in [1.29, 1.82) is 10.5 Å². The highest BCUT2D eigenvalue weighted by atomic mass is 32.2. The number of rotatable bonds is 11. The van der Waals surface area contributed by atoms with Crippen LogP contribution in [0.2, 0.25) is 0 Å². The predicted molar refractivity (Wildman–Crippen MR) is 106 cm³/mol. The van der Waals surface area contributed by atoms with Gasteiger partial charge in [0, 0.05) is 13.1 Å². The van der Waals surface area contributed by atoms with Gasteiger partial charge < -0.3 is 14.1 Å². The first kappa shape index (κ1) is 23.6. The Morgan fingerprint density at radius 1 is 1.10 bits per heavy atom. The third kappa shape index (κ3) is 7.26. The molecule has 1 N–H and O–H groups in total. The second kappa shape index (κ2) is 11.5. The van der Waals surface area contributed by atoms with Gasteiger partial charge in [0.2, 0.25) is 10.0 Å². The zero-order valence-electron chi connectivity index (χ0n) is 16.5. The number of carbonyl (C=O) groups is 2. The summed E-state index contributed by atoms with van der Waals surface area (Å²) in [6, 6.07) is 12.3. The molecule has 0 radical (unpaired) electrons. The van der Waals surface area contributed by atoms with Crippen molar-refractivity contribution in [2.75, 3.05) is 19.7 Å². The topological polar surface area (TPSA) is 154 Å². The third-order valence-corrected chi connectivity index (χ3v) is 5.46. The van der Waals surface area contributed by atoms with Crippen molar-refractivity contribution in [3.63, 3.8) is 0 Å². The number of hydrogen-bond acceptors (Lipinski definition) is 8. The molecule has 0 atom stereocenters. The minimum atomic E-state index is -3.91. The number of furan rings is 1. The molecule has 2 aromatic rings. The summed E-state index contributed by atoms with van der Waals surface area (Å²) in [7, 11) is -3.91. The summed E-state index contributed by atoms with van der Waals surface area (Å²) in [5.41, 5.74) is -0.0470. The van der Waals surface area contributed by atoms with E-state index in [0.717, 1.165) is 6.07 Å². The molecule has 0 saturated heterocycles.